The Hall–Kier alpha value is -0.600. The molecule has 2 heteroatoms. The van der Waals surface area contributed by atoms with Gasteiger partial charge >= 0.3 is 0 Å². The van der Waals surface area contributed by atoms with Crippen LogP contribution in [-0.4, -0.2) is 6.61 Å². The van der Waals surface area contributed by atoms with Crippen LogP contribution < -0.4 is 0 Å². The highest BCUT2D eigenvalue weighted by Crippen LogP contribution is 2.08. The summed E-state index contributed by atoms with van der Waals surface area (Å²) in [6, 6.07) is 4.05. The van der Waals surface area contributed by atoms with Gasteiger partial charge in [-0.1, -0.05) is 18.7 Å². The molecule has 0 saturated heterocycles. The largest absolute Gasteiger partial charge is 0.372 e. The minimum Gasteiger partial charge on any atom is -0.372 e. The number of rotatable bonds is 4. The predicted molar refractivity (Wildman–Crippen MR) is 42.8 cm³/mol. The third-order valence-electron chi connectivity index (χ3n) is 1.04. The number of thiophene rings is 1. The van der Waals surface area contributed by atoms with E-state index < -0.39 is 0 Å². The van der Waals surface area contributed by atoms with Gasteiger partial charge in [0.05, 0.1) is 13.2 Å². The van der Waals surface area contributed by atoms with Gasteiger partial charge in [0.25, 0.3) is 0 Å². The summed E-state index contributed by atoms with van der Waals surface area (Å²) in [5.41, 5.74) is 0. The van der Waals surface area contributed by atoms with Gasteiger partial charge in [-0.25, -0.2) is 0 Å². The molecule has 0 aliphatic carbocycles. The van der Waals surface area contributed by atoms with Crippen molar-refractivity contribution in [2.24, 2.45) is 0 Å². The maximum atomic E-state index is 5.16. The summed E-state index contributed by atoms with van der Waals surface area (Å²) in [6.07, 6.45) is 1.51. The lowest BCUT2D eigenvalue weighted by atomic mass is 10.5. The molecule has 0 unspecified atom stereocenters. The van der Waals surface area contributed by atoms with E-state index in [0.717, 1.165) is 0 Å². The van der Waals surface area contributed by atoms with Gasteiger partial charge in [0.15, 0.2) is 0 Å². The normalized spacial score (nSPS) is 9.60. The molecule has 1 heterocycles. The van der Waals surface area contributed by atoms with Gasteiger partial charge in [-0.3, -0.25) is 0 Å². The van der Waals surface area contributed by atoms with E-state index in [1.807, 2.05) is 17.5 Å². The van der Waals surface area contributed by atoms with Gasteiger partial charge in [-0.05, 0) is 11.4 Å². The second-order valence-electron chi connectivity index (χ2n) is 1.83. The van der Waals surface area contributed by atoms with Crippen LogP contribution in [0, 0.1) is 6.58 Å². The summed E-state index contributed by atoms with van der Waals surface area (Å²) in [7, 11) is 0. The molecule has 0 bridgehead atoms. The maximum Gasteiger partial charge on any atom is 0.0813 e. The van der Waals surface area contributed by atoms with Gasteiger partial charge in [-0.2, -0.15) is 0 Å². The topological polar surface area (TPSA) is 9.23 Å². The summed E-state index contributed by atoms with van der Waals surface area (Å²) >= 11 is 1.69. The van der Waals surface area contributed by atoms with E-state index in [1.165, 1.54) is 11.0 Å². The molecule has 1 radical (unpaired) electrons. The first-order chi connectivity index (χ1) is 4.93. The van der Waals surface area contributed by atoms with E-state index in [-0.39, 0.29) is 0 Å². The van der Waals surface area contributed by atoms with Crippen molar-refractivity contribution in [1.82, 2.24) is 0 Å². The molecule has 0 aliphatic rings. The van der Waals surface area contributed by atoms with Gasteiger partial charge < -0.3 is 4.74 Å². The van der Waals surface area contributed by atoms with Crippen molar-refractivity contribution in [2.45, 2.75) is 6.61 Å². The lowest BCUT2D eigenvalue weighted by Gasteiger charge is -1.95. The van der Waals surface area contributed by atoms with E-state index in [2.05, 4.69) is 0 Å². The quantitative estimate of drug-likeness (QED) is 0.603. The fraction of sp³-hybridized carbons (Fsp3) is 0.250. The van der Waals surface area contributed by atoms with Crippen molar-refractivity contribution in [1.29, 1.82) is 0 Å². The van der Waals surface area contributed by atoms with Crippen molar-refractivity contribution in [3.63, 3.8) is 0 Å². The average Bonchev–Trinajstić information content (AvgIpc) is 2.41. The summed E-state index contributed by atoms with van der Waals surface area (Å²) in [6.45, 7) is 6.32. The summed E-state index contributed by atoms with van der Waals surface area (Å²) in [5.74, 6) is 0. The lowest BCUT2D eigenvalue weighted by Crippen LogP contribution is -1.88. The Bertz CT molecular complexity index is 179. The first kappa shape index (κ1) is 7.51. The highest BCUT2D eigenvalue weighted by atomic mass is 32.1. The standard InChI is InChI=1S/C8H9OS/c1-2-5-9-7-8-4-3-6-10-8/h1-4,6H,5,7H2. The molecule has 1 nitrogen and oxygen atoms in total. The summed E-state index contributed by atoms with van der Waals surface area (Å²) < 4.78 is 5.16. The Morgan fingerprint density at radius 2 is 2.60 bits per heavy atom. The molecule has 0 aromatic carbocycles. The van der Waals surface area contributed by atoms with Crippen LogP contribution in [0.25, 0.3) is 0 Å². The zero-order valence-corrected chi connectivity index (χ0v) is 6.43. The highest BCUT2D eigenvalue weighted by Gasteiger charge is 1.89. The Kier molecular flexibility index (Phi) is 3.19. The molecule has 0 fully saturated rings. The number of ether oxygens (including phenoxy) is 1. The molecule has 1 rings (SSSR count). The maximum absolute atomic E-state index is 5.16. The minimum absolute atomic E-state index is 0.526. The number of hydrogen-bond donors (Lipinski definition) is 0. The molecule has 0 spiro atoms. The van der Waals surface area contributed by atoms with Crippen LogP contribution in [0.1, 0.15) is 4.88 Å². The van der Waals surface area contributed by atoms with Gasteiger partial charge in [-0.15, -0.1) is 11.3 Å². The molecule has 0 saturated carbocycles. The summed E-state index contributed by atoms with van der Waals surface area (Å²) in [5, 5.41) is 2.03. The fourth-order valence-electron chi connectivity index (χ4n) is 0.622. The van der Waals surface area contributed by atoms with Crippen LogP contribution in [0.3, 0.4) is 0 Å². The van der Waals surface area contributed by atoms with Crippen molar-refractivity contribution in [3.8, 4) is 0 Å². The van der Waals surface area contributed by atoms with Gasteiger partial charge in [0.2, 0.25) is 0 Å². The van der Waals surface area contributed by atoms with E-state index in [9.17, 15) is 0 Å². The molecule has 0 atom stereocenters. The van der Waals surface area contributed by atoms with E-state index in [0.29, 0.717) is 13.2 Å². The minimum atomic E-state index is 0.526. The first-order valence-corrected chi connectivity index (χ1v) is 3.95. The van der Waals surface area contributed by atoms with E-state index in [1.54, 1.807) is 11.3 Å². The molecular formula is C8H9OS. The first-order valence-electron chi connectivity index (χ1n) is 3.07. The zero-order chi connectivity index (χ0) is 7.23. The molecule has 0 N–H and O–H groups in total. The third kappa shape index (κ3) is 2.33. The van der Waals surface area contributed by atoms with Crippen molar-refractivity contribution < 1.29 is 4.74 Å². The zero-order valence-electron chi connectivity index (χ0n) is 5.62. The fourth-order valence-corrected chi connectivity index (χ4v) is 1.26. The van der Waals surface area contributed by atoms with Crippen LogP contribution in [0.2, 0.25) is 0 Å². The molecule has 10 heavy (non-hydrogen) atoms. The Labute approximate surface area is 65.0 Å². The van der Waals surface area contributed by atoms with Crippen molar-refractivity contribution in [2.75, 3.05) is 6.61 Å². The summed E-state index contributed by atoms with van der Waals surface area (Å²) in [4.78, 5) is 1.24. The second kappa shape index (κ2) is 4.25. The highest BCUT2D eigenvalue weighted by molar-refractivity contribution is 7.09. The van der Waals surface area contributed by atoms with Crippen LogP contribution in [0.15, 0.2) is 23.6 Å². The third-order valence-corrected chi connectivity index (χ3v) is 1.89. The Morgan fingerprint density at radius 1 is 1.70 bits per heavy atom. The smallest absolute Gasteiger partial charge is 0.0813 e. The molecule has 1 aromatic heterocycles. The molecule has 0 aliphatic heterocycles. The lowest BCUT2D eigenvalue weighted by molar-refractivity contribution is 0.151. The van der Waals surface area contributed by atoms with Gasteiger partial charge in [0.1, 0.15) is 0 Å². The van der Waals surface area contributed by atoms with Crippen molar-refractivity contribution in [3.05, 3.63) is 35.0 Å². The molecule has 53 valence electrons. The van der Waals surface area contributed by atoms with Crippen LogP contribution in [0.5, 0.6) is 0 Å². The second-order valence-corrected chi connectivity index (χ2v) is 2.86. The van der Waals surface area contributed by atoms with E-state index in [4.69, 9.17) is 11.3 Å². The SMILES string of the molecule is [CH]=CCOCc1cccs1. The molecule has 0 amide bonds. The molecule has 1 aromatic rings. The van der Waals surface area contributed by atoms with Crippen molar-refractivity contribution >= 4 is 11.3 Å². The van der Waals surface area contributed by atoms with Gasteiger partial charge in [0, 0.05) is 4.88 Å². The monoisotopic (exact) mass is 153 g/mol. The van der Waals surface area contributed by atoms with Crippen LogP contribution in [0.4, 0.5) is 0 Å². The average molecular weight is 153 g/mol. The predicted octanol–water partition coefficient (Wildman–Crippen LogP) is 2.25. The Morgan fingerprint density at radius 3 is 3.20 bits per heavy atom. The van der Waals surface area contributed by atoms with Crippen LogP contribution in [-0.2, 0) is 11.3 Å². The van der Waals surface area contributed by atoms with E-state index >= 15 is 0 Å². The number of hydrogen-bond acceptors (Lipinski definition) is 2. The van der Waals surface area contributed by atoms with Crippen LogP contribution >= 0.6 is 11.3 Å². The molecular weight excluding hydrogens is 144 g/mol. The Balaban J connectivity index is 2.21.